The van der Waals surface area contributed by atoms with Crippen LogP contribution in [0.5, 0.6) is 0 Å². The summed E-state index contributed by atoms with van der Waals surface area (Å²) < 4.78 is 5.97. The van der Waals surface area contributed by atoms with Crippen LogP contribution in [0, 0.1) is 23.7 Å². The smallest absolute Gasteiger partial charge is 0.249 e. The molecule has 0 spiro atoms. The van der Waals surface area contributed by atoms with Crippen LogP contribution >= 0.6 is 0 Å². The van der Waals surface area contributed by atoms with Gasteiger partial charge >= 0.3 is 0 Å². The lowest BCUT2D eigenvalue weighted by Crippen LogP contribution is -2.49. The maximum Gasteiger partial charge on any atom is 0.249 e. The molecule has 0 amide bonds. The van der Waals surface area contributed by atoms with E-state index in [-0.39, 0.29) is 6.61 Å². The molecule has 7 heteroatoms. The average Bonchev–Trinajstić information content (AvgIpc) is 3.26. The van der Waals surface area contributed by atoms with Crippen LogP contribution in [-0.2, 0) is 6.42 Å². The summed E-state index contributed by atoms with van der Waals surface area (Å²) in [6.45, 7) is 13.5. The fraction of sp³-hybridized carbons (Fsp3) is 0.640. The summed E-state index contributed by atoms with van der Waals surface area (Å²) in [5, 5.41) is 17.7. The molecule has 3 unspecified atom stereocenters. The Balaban J connectivity index is 1.40. The first kappa shape index (κ1) is 23.1. The Morgan fingerprint density at radius 3 is 2.62 bits per heavy atom. The zero-order chi connectivity index (χ0) is 22.5. The number of rotatable bonds is 8. The van der Waals surface area contributed by atoms with Crippen molar-refractivity contribution < 1.29 is 9.52 Å². The number of aliphatic hydroxyl groups is 1. The number of β-amino-alcohol motifs (C(OH)–C–C–N with tert-alkyl or cyclic N) is 1. The fourth-order valence-electron chi connectivity index (χ4n) is 5.27. The first-order valence-electron chi connectivity index (χ1n) is 12.0. The van der Waals surface area contributed by atoms with Crippen LogP contribution in [0.4, 0.5) is 0 Å². The Bertz CT molecular complexity index is 873. The van der Waals surface area contributed by atoms with Crippen LogP contribution in [0.15, 0.2) is 40.6 Å². The summed E-state index contributed by atoms with van der Waals surface area (Å²) in [5.41, 5.74) is 2.31. The Labute approximate surface area is 191 Å². The third-order valence-electron chi connectivity index (χ3n) is 7.23. The van der Waals surface area contributed by atoms with E-state index in [0.717, 1.165) is 51.3 Å². The Morgan fingerprint density at radius 1 is 1.16 bits per heavy atom. The van der Waals surface area contributed by atoms with Crippen molar-refractivity contribution in [3.63, 3.8) is 0 Å². The van der Waals surface area contributed by atoms with E-state index in [4.69, 9.17) is 4.42 Å². The fourth-order valence-corrected chi connectivity index (χ4v) is 5.27. The molecular formula is C25H37N5O2. The Kier molecular flexibility index (Phi) is 7.71. The van der Waals surface area contributed by atoms with E-state index >= 15 is 0 Å². The number of pyridine rings is 1. The van der Waals surface area contributed by atoms with Crippen molar-refractivity contribution in [2.24, 2.45) is 23.7 Å². The van der Waals surface area contributed by atoms with E-state index in [1.807, 2.05) is 12.1 Å². The highest BCUT2D eigenvalue weighted by atomic mass is 16.4. The van der Waals surface area contributed by atoms with Crippen molar-refractivity contribution in [1.29, 1.82) is 0 Å². The highest BCUT2D eigenvalue weighted by molar-refractivity contribution is 5.49. The van der Waals surface area contributed by atoms with Crippen molar-refractivity contribution in [2.45, 2.75) is 33.6 Å². The lowest BCUT2D eigenvalue weighted by Gasteiger charge is -2.41. The molecule has 1 aliphatic heterocycles. The summed E-state index contributed by atoms with van der Waals surface area (Å²) in [6.07, 6.45) is 7.99. The standard InChI is InChI=1S/C25H37N5O2/c1-18(2)23-14-21(15-24-27-28-25(32-24)20-5-4-6-26-16-20)19(3)13-22(23)17-30-9-7-29(8-10-30)11-12-31/h4-6,13,16,18,21-23,31H,7-12,14-15,17H2,1-3H3. The van der Waals surface area contributed by atoms with Crippen LogP contribution in [0.2, 0.25) is 0 Å². The second kappa shape index (κ2) is 10.7. The summed E-state index contributed by atoms with van der Waals surface area (Å²) >= 11 is 0. The summed E-state index contributed by atoms with van der Waals surface area (Å²) in [5.74, 6) is 3.58. The molecule has 2 aliphatic rings. The van der Waals surface area contributed by atoms with Gasteiger partial charge in [-0.25, -0.2) is 0 Å². The van der Waals surface area contributed by atoms with Gasteiger partial charge in [0, 0.05) is 58.1 Å². The molecule has 3 heterocycles. The van der Waals surface area contributed by atoms with Gasteiger partial charge in [-0.1, -0.05) is 25.5 Å². The minimum absolute atomic E-state index is 0.255. The van der Waals surface area contributed by atoms with E-state index < -0.39 is 0 Å². The van der Waals surface area contributed by atoms with Crippen molar-refractivity contribution in [1.82, 2.24) is 25.0 Å². The predicted octanol–water partition coefficient (Wildman–Crippen LogP) is 3.14. The van der Waals surface area contributed by atoms with Crippen LogP contribution in [0.3, 0.4) is 0 Å². The highest BCUT2D eigenvalue weighted by Gasteiger charge is 2.34. The van der Waals surface area contributed by atoms with Gasteiger partial charge in [-0.3, -0.25) is 9.88 Å². The number of nitrogens with zero attached hydrogens (tertiary/aromatic N) is 5. The van der Waals surface area contributed by atoms with Crippen molar-refractivity contribution in [3.8, 4) is 11.5 Å². The van der Waals surface area contributed by atoms with Gasteiger partial charge in [0.2, 0.25) is 11.8 Å². The number of hydrogen-bond acceptors (Lipinski definition) is 7. The number of allylic oxidation sites excluding steroid dienone is 1. The highest BCUT2D eigenvalue weighted by Crippen LogP contribution is 2.39. The lowest BCUT2D eigenvalue weighted by atomic mass is 9.69. The zero-order valence-corrected chi connectivity index (χ0v) is 19.7. The second-order valence-corrected chi connectivity index (χ2v) is 9.73. The van der Waals surface area contributed by atoms with E-state index in [1.165, 1.54) is 12.0 Å². The molecule has 174 valence electrons. The number of piperazine rings is 1. The molecule has 0 aromatic carbocycles. The van der Waals surface area contributed by atoms with E-state index in [0.29, 0.717) is 35.5 Å². The molecule has 3 atom stereocenters. The molecule has 1 N–H and O–H groups in total. The third kappa shape index (κ3) is 5.63. The van der Waals surface area contributed by atoms with E-state index in [9.17, 15) is 5.11 Å². The van der Waals surface area contributed by atoms with Gasteiger partial charge in [-0.05, 0) is 49.1 Å². The Morgan fingerprint density at radius 2 is 1.94 bits per heavy atom. The number of aromatic nitrogens is 3. The Hall–Kier alpha value is -2.09. The second-order valence-electron chi connectivity index (χ2n) is 9.73. The largest absolute Gasteiger partial charge is 0.421 e. The third-order valence-corrected chi connectivity index (χ3v) is 7.23. The van der Waals surface area contributed by atoms with Gasteiger partial charge in [-0.15, -0.1) is 10.2 Å². The normalized spacial score (nSPS) is 25.3. The quantitative estimate of drug-likeness (QED) is 0.633. The van der Waals surface area contributed by atoms with Crippen LogP contribution < -0.4 is 0 Å². The number of hydrogen-bond donors (Lipinski definition) is 1. The van der Waals surface area contributed by atoms with Crippen molar-refractivity contribution in [2.75, 3.05) is 45.9 Å². The number of aliphatic hydroxyl groups excluding tert-OH is 1. The molecule has 0 radical (unpaired) electrons. The molecule has 0 bridgehead atoms. The molecule has 2 aromatic heterocycles. The summed E-state index contributed by atoms with van der Waals surface area (Å²) in [4.78, 5) is 9.11. The molecular weight excluding hydrogens is 402 g/mol. The maximum absolute atomic E-state index is 9.18. The van der Waals surface area contributed by atoms with Crippen LogP contribution in [0.25, 0.3) is 11.5 Å². The van der Waals surface area contributed by atoms with Gasteiger partial charge in [0.1, 0.15) is 0 Å². The monoisotopic (exact) mass is 439 g/mol. The maximum atomic E-state index is 9.18. The van der Waals surface area contributed by atoms with Gasteiger partial charge < -0.3 is 14.4 Å². The minimum atomic E-state index is 0.255. The summed E-state index contributed by atoms with van der Waals surface area (Å²) in [6, 6.07) is 3.83. The SMILES string of the molecule is CC1=CC(CN2CCN(CCO)CC2)C(C(C)C)CC1Cc1nnc(-c2cccnc2)o1. The molecule has 0 saturated carbocycles. The first-order chi connectivity index (χ1) is 15.5. The topological polar surface area (TPSA) is 78.5 Å². The molecule has 4 rings (SSSR count). The molecule has 7 nitrogen and oxygen atoms in total. The molecule has 1 saturated heterocycles. The van der Waals surface area contributed by atoms with Gasteiger partial charge in [0.25, 0.3) is 0 Å². The lowest BCUT2D eigenvalue weighted by molar-refractivity contribution is 0.0887. The zero-order valence-electron chi connectivity index (χ0n) is 19.7. The van der Waals surface area contributed by atoms with Gasteiger partial charge in [0.05, 0.1) is 12.2 Å². The molecule has 1 aliphatic carbocycles. The summed E-state index contributed by atoms with van der Waals surface area (Å²) in [7, 11) is 0. The molecule has 1 fully saturated rings. The minimum Gasteiger partial charge on any atom is -0.421 e. The van der Waals surface area contributed by atoms with E-state index in [2.05, 4.69) is 51.8 Å². The first-order valence-corrected chi connectivity index (χ1v) is 12.0. The van der Waals surface area contributed by atoms with Gasteiger partial charge in [0.15, 0.2) is 0 Å². The van der Waals surface area contributed by atoms with E-state index in [1.54, 1.807) is 12.4 Å². The van der Waals surface area contributed by atoms with Crippen molar-refractivity contribution >= 4 is 0 Å². The predicted molar refractivity (Wildman–Crippen MR) is 125 cm³/mol. The van der Waals surface area contributed by atoms with Crippen molar-refractivity contribution in [3.05, 3.63) is 42.1 Å². The van der Waals surface area contributed by atoms with Crippen LogP contribution in [0.1, 0.15) is 33.1 Å². The average molecular weight is 440 g/mol. The van der Waals surface area contributed by atoms with Crippen LogP contribution in [-0.4, -0.2) is 76.0 Å². The van der Waals surface area contributed by atoms with Gasteiger partial charge in [-0.2, -0.15) is 0 Å². The molecule has 32 heavy (non-hydrogen) atoms. The molecule has 2 aromatic rings.